The molecule has 3 heteroatoms. The van der Waals surface area contributed by atoms with Crippen LogP contribution in [0.2, 0.25) is 0 Å². The first-order valence-electron chi connectivity index (χ1n) is 6.69. The van der Waals surface area contributed by atoms with Crippen LogP contribution in [0.4, 0.5) is 0 Å². The van der Waals surface area contributed by atoms with Gasteiger partial charge in [-0.2, -0.15) is 11.8 Å². The molecular formula is C13H26N2S. The van der Waals surface area contributed by atoms with E-state index < -0.39 is 0 Å². The number of nitrogens with zero attached hydrogens (tertiary/aromatic N) is 1. The average Bonchev–Trinajstić information content (AvgIpc) is 2.59. The zero-order chi connectivity index (χ0) is 11.8. The van der Waals surface area contributed by atoms with Gasteiger partial charge in [0.1, 0.15) is 0 Å². The van der Waals surface area contributed by atoms with Gasteiger partial charge >= 0.3 is 0 Å². The van der Waals surface area contributed by atoms with Gasteiger partial charge in [-0.1, -0.05) is 27.2 Å². The highest BCUT2D eigenvalue weighted by Crippen LogP contribution is 2.42. The van der Waals surface area contributed by atoms with Crippen molar-refractivity contribution in [3.63, 3.8) is 0 Å². The Hall–Kier alpha value is 0.270. The van der Waals surface area contributed by atoms with E-state index in [1.54, 1.807) is 0 Å². The molecule has 0 spiro atoms. The monoisotopic (exact) mass is 242 g/mol. The van der Waals surface area contributed by atoms with Crippen molar-refractivity contribution in [1.29, 1.82) is 0 Å². The van der Waals surface area contributed by atoms with Crippen molar-refractivity contribution in [3.8, 4) is 0 Å². The predicted octanol–water partition coefficient (Wildman–Crippen LogP) is 2.33. The summed E-state index contributed by atoms with van der Waals surface area (Å²) in [6, 6.07) is 0. The van der Waals surface area contributed by atoms with Crippen molar-refractivity contribution in [1.82, 2.24) is 4.90 Å². The Morgan fingerprint density at radius 1 is 1.25 bits per heavy atom. The van der Waals surface area contributed by atoms with Crippen LogP contribution < -0.4 is 5.73 Å². The van der Waals surface area contributed by atoms with E-state index in [4.69, 9.17) is 5.73 Å². The lowest BCUT2D eigenvalue weighted by Crippen LogP contribution is -2.60. The summed E-state index contributed by atoms with van der Waals surface area (Å²) in [6.07, 6.45) is 4.04. The van der Waals surface area contributed by atoms with E-state index >= 15 is 0 Å². The molecule has 94 valence electrons. The molecular weight excluding hydrogens is 216 g/mol. The van der Waals surface area contributed by atoms with Crippen LogP contribution in [-0.4, -0.2) is 40.6 Å². The minimum Gasteiger partial charge on any atom is -0.329 e. The zero-order valence-corrected chi connectivity index (χ0v) is 11.7. The standard InChI is InChI=1S/C13H26N2S/c1-10-5-4-6-13(10,9-14)15-7-11(2)16-12(3)8-15/h10-12H,4-9,14H2,1-3H3. The summed E-state index contributed by atoms with van der Waals surface area (Å²) in [4.78, 5) is 2.72. The lowest BCUT2D eigenvalue weighted by molar-refractivity contribution is 0.0622. The summed E-state index contributed by atoms with van der Waals surface area (Å²) in [5.41, 5.74) is 6.46. The van der Waals surface area contributed by atoms with E-state index in [0.717, 1.165) is 23.0 Å². The molecule has 2 rings (SSSR count). The lowest BCUT2D eigenvalue weighted by Gasteiger charge is -2.48. The van der Waals surface area contributed by atoms with E-state index in [0.29, 0.717) is 5.54 Å². The van der Waals surface area contributed by atoms with Crippen LogP contribution in [0.25, 0.3) is 0 Å². The molecule has 0 amide bonds. The highest BCUT2D eigenvalue weighted by molar-refractivity contribution is 8.00. The zero-order valence-electron chi connectivity index (χ0n) is 10.9. The molecule has 1 saturated heterocycles. The number of hydrogen-bond donors (Lipinski definition) is 1. The second-order valence-electron chi connectivity index (χ2n) is 5.76. The molecule has 1 saturated carbocycles. The fraction of sp³-hybridized carbons (Fsp3) is 1.00. The van der Waals surface area contributed by atoms with Gasteiger partial charge in [-0.3, -0.25) is 4.90 Å². The highest BCUT2D eigenvalue weighted by atomic mass is 32.2. The molecule has 1 aliphatic heterocycles. The molecule has 16 heavy (non-hydrogen) atoms. The van der Waals surface area contributed by atoms with Gasteiger partial charge in [0.15, 0.2) is 0 Å². The van der Waals surface area contributed by atoms with Crippen molar-refractivity contribution in [2.75, 3.05) is 19.6 Å². The van der Waals surface area contributed by atoms with Gasteiger partial charge in [-0.15, -0.1) is 0 Å². The van der Waals surface area contributed by atoms with Gasteiger partial charge in [-0.05, 0) is 18.8 Å². The molecule has 0 aromatic rings. The van der Waals surface area contributed by atoms with E-state index in [-0.39, 0.29) is 0 Å². The Balaban J connectivity index is 2.14. The molecule has 0 radical (unpaired) electrons. The fourth-order valence-corrected chi connectivity index (χ4v) is 5.00. The first-order valence-corrected chi connectivity index (χ1v) is 7.63. The van der Waals surface area contributed by atoms with Gasteiger partial charge in [0.05, 0.1) is 0 Å². The third kappa shape index (κ3) is 2.14. The quantitative estimate of drug-likeness (QED) is 0.806. The number of thioether (sulfide) groups is 1. The minimum absolute atomic E-state index is 0.323. The van der Waals surface area contributed by atoms with Crippen molar-refractivity contribution in [2.45, 2.75) is 56.1 Å². The maximum atomic E-state index is 6.13. The van der Waals surface area contributed by atoms with E-state index in [1.807, 2.05) is 0 Å². The normalized spacial score (nSPS) is 46.1. The SMILES string of the molecule is CC1CN(C2(CN)CCCC2C)CC(C)S1. The third-order valence-electron chi connectivity index (χ3n) is 4.57. The summed E-state index contributed by atoms with van der Waals surface area (Å²) in [5.74, 6) is 0.778. The lowest BCUT2D eigenvalue weighted by atomic mass is 9.86. The smallest absolute Gasteiger partial charge is 0.0358 e. The fourth-order valence-electron chi connectivity index (χ4n) is 3.67. The predicted molar refractivity (Wildman–Crippen MR) is 72.9 cm³/mol. The number of rotatable bonds is 2. The molecule has 2 fully saturated rings. The van der Waals surface area contributed by atoms with Gasteiger partial charge in [0.25, 0.3) is 0 Å². The summed E-state index contributed by atoms with van der Waals surface area (Å²) < 4.78 is 0. The molecule has 2 N–H and O–H groups in total. The molecule has 1 heterocycles. The van der Waals surface area contributed by atoms with Crippen LogP contribution in [0.15, 0.2) is 0 Å². The van der Waals surface area contributed by atoms with Crippen LogP contribution in [0.1, 0.15) is 40.0 Å². The second-order valence-corrected chi connectivity index (χ2v) is 7.64. The van der Waals surface area contributed by atoms with Gasteiger partial charge in [0.2, 0.25) is 0 Å². The van der Waals surface area contributed by atoms with Crippen molar-refractivity contribution < 1.29 is 0 Å². The Morgan fingerprint density at radius 3 is 2.31 bits per heavy atom. The van der Waals surface area contributed by atoms with E-state index in [2.05, 4.69) is 37.4 Å². The first-order chi connectivity index (χ1) is 7.58. The van der Waals surface area contributed by atoms with Crippen LogP contribution in [0.5, 0.6) is 0 Å². The van der Waals surface area contributed by atoms with Gasteiger partial charge in [-0.25, -0.2) is 0 Å². The molecule has 0 aromatic heterocycles. The maximum absolute atomic E-state index is 6.13. The Morgan fingerprint density at radius 2 is 1.88 bits per heavy atom. The van der Waals surface area contributed by atoms with Crippen LogP contribution in [-0.2, 0) is 0 Å². The molecule has 4 unspecified atom stereocenters. The van der Waals surface area contributed by atoms with E-state index in [1.165, 1.54) is 32.4 Å². The Bertz CT molecular complexity index is 236. The molecule has 0 bridgehead atoms. The molecule has 4 atom stereocenters. The van der Waals surface area contributed by atoms with Crippen LogP contribution >= 0.6 is 11.8 Å². The largest absolute Gasteiger partial charge is 0.329 e. The summed E-state index contributed by atoms with van der Waals surface area (Å²) in [5, 5.41) is 1.53. The summed E-state index contributed by atoms with van der Waals surface area (Å²) >= 11 is 2.13. The van der Waals surface area contributed by atoms with E-state index in [9.17, 15) is 0 Å². The van der Waals surface area contributed by atoms with Crippen LogP contribution in [0, 0.1) is 5.92 Å². The second kappa shape index (κ2) is 4.87. The topological polar surface area (TPSA) is 29.3 Å². The Kier molecular flexibility index (Phi) is 3.87. The Labute approximate surface area is 104 Å². The third-order valence-corrected chi connectivity index (χ3v) is 5.79. The van der Waals surface area contributed by atoms with Crippen molar-refractivity contribution in [3.05, 3.63) is 0 Å². The number of nitrogens with two attached hydrogens (primary N) is 1. The summed E-state index contributed by atoms with van der Waals surface area (Å²) in [7, 11) is 0. The molecule has 1 aliphatic carbocycles. The van der Waals surface area contributed by atoms with Gasteiger partial charge < -0.3 is 5.73 Å². The van der Waals surface area contributed by atoms with Gasteiger partial charge in [0, 0.05) is 35.7 Å². The minimum atomic E-state index is 0.323. The van der Waals surface area contributed by atoms with Crippen LogP contribution in [0.3, 0.4) is 0 Å². The molecule has 2 nitrogen and oxygen atoms in total. The first kappa shape index (κ1) is 12.7. The highest BCUT2D eigenvalue weighted by Gasteiger charge is 2.45. The van der Waals surface area contributed by atoms with Crippen molar-refractivity contribution >= 4 is 11.8 Å². The van der Waals surface area contributed by atoms with Crippen molar-refractivity contribution in [2.24, 2.45) is 11.7 Å². The maximum Gasteiger partial charge on any atom is 0.0358 e. The molecule has 0 aromatic carbocycles. The number of hydrogen-bond acceptors (Lipinski definition) is 3. The average molecular weight is 242 g/mol. The molecule has 2 aliphatic rings. The summed E-state index contributed by atoms with van der Waals surface area (Å²) in [6.45, 7) is 10.4.